The average Bonchev–Trinajstić information content (AvgIpc) is 2.70. The molecule has 0 N–H and O–H groups in total. The Morgan fingerprint density at radius 1 is 0.963 bits per heavy atom. The number of benzene rings is 1. The standard InChI is InChI=1S/C18H24FN5O2S/c1-3-22(4-2)17-9-10-18(21-20-17)23-11-13-24(14-12-23)27(25,26)16-7-5-15(19)6-8-16/h5-10H,3-4,11-14H2,1-2H3. The third kappa shape index (κ3) is 4.19. The van der Waals surface area contributed by atoms with Crippen LogP contribution < -0.4 is 9.80 Å². The van der Waals surface area contributed by atoms with E-state index in [-0.39, 0.29) is 4.90 Å². The molecule has 0 radical (unpaired) electrons. The van der Waals surface area contributed by atoms with Gasteiger partial charge in [0.05, 0.1) is 4.90 Å². The zero-order chi connectivity index (χ0) is 19.4. The SMILES string of the molecule is CCN(CC)c1ccc(N2CCN(S(=O)(=O)c3ccc(F)cc3)CC2)nn1. The van der Waals surface area contributed by atoms with Crippen LogP contribution in [0.2, 0.25) is 0 Å². The van der Waals surface area contributed by atoms with Gasteiger partial charge in [0.1, 0.15) is 5.82 Å². The molecule has 0 bridgehead atoms. The molecule has 2 aromatic rings. The zero-order valence-corrected chi connectivity index (χ0v) is 16.4. The third-order valence-electron chi connectivity index (χ3n) is 4.74. The number of hydrogen-bond donors (Lipinski definition) is 0. The number of aromatic nitrogens is 2. The topological polar surface area (TPSA) is 69.6 Å². The first-order chi connectivity index (χ1) is 13.0. The summed E-state index contributed by atoms with van der Waals surface area (Å²) in [5.74, 6) is 1.12. The highest BCUT2D eigenvalue weighted by Gasteiger charge is 2.29. The van der Waals surface area contributed by atoms with Crippen LogP contribution in [0.5, 0.6) is 0 Å². The van der Waals surface area contributed by atoms with Gasteiger partial charge in [0.25, 0.3) is 0 Å². The van der Waals surface area contributed by atoms with Crippen molar-refractivity contribution in [2.24, 2.45) is 0 Å². The minimum Gasteiger partial charge on any atom is -0.356 e. The fraction of sp³-hybridized carbons (Fsp3) is 0.444. The Labute approximate surface area is 159 Å². The molecule has 1 aromatic heterocycles. The van der Waals surface area contributed by atoms with Gasteiger partial charge in [0, 0.05) is 39.3 Å². The lowest BCUT2D eigenvalue weighted by atomic mass is 10.3. The Hall–Kier alpha value is -2.26. The van der Waals surface area contributed by atoms with E-state index in [0.717, 1.165) is 36.9 Å². The van der Waals surface area contributed by atoms with Crippen LogP contribution in [-0.2, 0) is 10.0 Å². The summed E-state index contributed by atoms with van der Waals surface area (Å²) < 4.78 is 39.8. The van der Waals surface area contributed by atoms with E-state index < -0.39 is 15.8 Å². The lowest BCUT2D eigenvalue weighted by Gasteiger charge is -2.34. The second-order valence-electron chi connectivity index (χ2n) is 6.27. The second-order valence-corrected chi connectivity index (χ2v) is 8.21. The molecule has 3 rings (SSSR count). The summed E-state index contributed by atoms with van der Waals surface area (Å²) in [6, 6.07) is 8.79. The van der Waals surface area contributed by atoms with E-state index in [4.69, 9.17) is 0 Å². The van der Waals surface area contributed by atoms with Crippen LogP contribution in [0.4, 0.5) is 16.0 Å². The highest BCUT2D eigenvalue weighted by Crippen LogP contribution is 2.21. The highest BCUT2D eigenvalue weighted by molar-refractivity contribution is 7.89. The first-order valence-corrected chi connectivity index (χ1v) is 10.5. The summed E-state index contributed by atoms with van der Waals surface area (Å²) in [6.45, 7) is 7.62. The summed E-state index contributed by atoms with van der Waals surface area (Å²) >= 11 is 0. The molecule has 1 aliphatic rings. The molecule has 0 saturated carbocycles. The van der Waals surface area contributed by atoms with Crippen LogP contribution in [0.25, 0.3) is 0 Å². The minimum absolute atomic E-state index is 0.112. The van der Waals surface area contributed by atoms with E-state index in [9.17, 15) is 12.8 Å². The highest BCUT2D eigenvalue weighted by atomic mass is 32.2. The van der Waals surface area contributed by atoms with E-state index in [0.29, 0.717) is 26.2 Å². The molecule has 146 valence electrons. The molecule has 27 heavy (non-hydrogen) atoms. The fourth-order valence-electron chi connectivity index (χ4n) is 3.12. The van der Waals surface area contributed by atoms with Crippen molar-refractivity contribution in [1.82, 2.24) is 14.5 Å². The third-order valence-corrected chi connectivity index (χ3v) is 6.65. The van der Waals surface area contributed by atoms with E-state index in [2.05, 4.69) is 28.9 Å². The first kappa shape index (κ1) is 19.5. The molecular weight excluding hydrogens is 369 g/mol. The number of sulfonamides is 1. The van der Waals surface area contributed by atoms with Gasteiger partial charge in [0.15, 0.2) is 11.6 Å². The van der Waals surface area contributed by atoms with Gasteiger partial charge >= 0.3 is 0 Å². The second kappa shape index (κ2) is 8.18. The Morgan fingerprint density at radius 2 is 1.59 bits per heavy atom. The number of piperazine rings is 1. The van der Waals surface area contributed by atoms with Crippen molar-refractivity contribution in [3.8, 4) is 0 Å². The molecular formula is C18H24FN5O2S. The van der Waals surface area contributed by atoms with E-state index in [1.165, 1.54) is 16.4 Å². The predicted octanol–water partition coefficient (Wildman–Crippen LogP) is 1.97. The molecule has 2 heterocycles. The number of halogens is 1. The van der Waals surface area contributed by atoms with Crippen molar-refractivity contribution in [2.45, 2.75) is 18.7 Å². The van der Waals surface area contributed by atoms with Gasteiger partial charge in [-0.2, -0.15) is 4.31 Å². The van der Waals surface area contributed by atoms with Gasteiger partial charge in [-0.15, -0.1) is 10.2 Å². The molecule has 1 aromatic carbocycles. The molecule has 0 unspecified atom stereocenters. The molecule has 1 aliphatic heterocycles. The van der Waals surface area contributed by atoms with Crippen molar-refractivity contribution in [3.05, 3.63) is 42.2 Å². The van der Waals surface area contributed by atoms with Gasteiger partial charge in [-0.05, 0) is 50.2 Å². The maximum absolute atomic E-state index is 13.0. The van der Waals surface area contributed by atoms with Crippen LogP contribution >= 0.6 is 0 Å². The lowest BCUT2D eigenvalue weighted by molar-refractivity contribution is 0.383. The molecule has 0 amide bonds. The van der Waals surface area contributed by atoms with Gasteiger partial charge in [0.2, 0.25) is 10.0 Å². The Bertz CT molecular complexity index is 846. The summed E-state index contributed by atoms with van der Waals surface area (Å²) in [7, 11) is -3.61. The largest absolute Gasteiger partial charge is 0.356 e. The maximum atomic E-state index is 13.0. The van der Waals surface area contributed by atoms with E-state index in [1.807, 2.05) is 17.0 Å². The summed E-state index contributed by atoms with van der Waals surface area (Å²) in [5.41, 5.74) is 0. The van der Waals surface area contributed by atoms with Crippen LogP contribution in [0.15, 0.2) is 41.3 Å². The molecule has 0 aliphatic carbocycles. The number of nitrogens with zero attached hydrogens (tertiary/aromatic N) is 5. The number of rotatable bonds is 6. The van der Waals surface area contributed by atoms with E-state index >= 15 is 0 Å². The summed E-state index contributed by atoms with van der Waals surface area (Å²) in [6.07, 6.45) is 0. The van der Waals surface area contributed by atoms with Crippen molar-refractivity contribution in [1.29, 1.82) is 0 Å². The quantitative estimate of drug-likeness (QED) is 0.747. The molecule has 1 fully saturated rings. The van der Waals surface area contributed by atoms with Crippen LogP contribution in [-0.4, -0.2) is 62.2 Å². The molecule has 0 spiro atoms. The first-order valence-electron chi connectivity index (χ1n) is 9.05. The summed E-state index contributed by atoms with van der Waals surface area (Å²) in [5, 5.41) is 8.59. The number of anilines is 2. The fourth-order valence-corrected chi connectivity index (χ4v) is 4.54. The van der Waals surface area contributed by atoms with E-state index in [1.54, 1.807) is 0 Å². The Morgan fingerprint density at radius 3 is 2.11 bits per heavy atom. The summed E-state index contributed by atoms with van der Waals surface area (Å²) in [4.78, 5) is 4.25. The smallest absolute Gasteiger partial charge is 0.243 e. The average molecular weight is 393 g/mol. The molecule has 9 heteroatoms. The van der Waals surface area contributed by atoms with Crippen LogP contribution in [0.3, 0.4) is 0 Å². The van der Waals surface area contributed by atoms with Gasteiger partial charge in [-0.25, -0.2) is 12.8 Å². The normalized spacial score (nSPS) is 15.7. The molecule has 7 nitrogen and oxygen atoms in total. The zero-order valence-electron chi connectivity index (χ0n) is 15.5. The maximum Gasteiger partial charge on any atom is 0.243 e. The van der Waals surface area contributed by atoms with Crippen molar-refractivity contribution < 1.29 is 12.8 Å². The lowest BCUT2D eigenvalue weighted by Crippen LogP contribution is -2.49. The Balaban J connectivity index is 1.65. The molecule has 0 atom stereocenters. The monoisotopic (exact) mass is 393 g/mol. The predicted molar refractivity (Wildman–Crippen MR) is 103 cm³/mol. The van der Waals surface area contributed by atoms with Crippen molar-refractivity contribution in [2.75, 3.05) is 49.1 Å². The molecule has 1 saturated heterocycles. The van der Waals surface area contributed by atoms with Crippen molar-refractivity contribution >= 4 is 21.7 Å². The Kier molecular flexibility index (Phi) is 5.91. The number of hydrogen-bond acceptors (Lipinski definition) is 6. The van der Waals surface area contributed by atoms with Gasteiger partial charge < -0.3 is 9.80 Å². The van der Waals surface area contributed by atoms with Crippen LogP contribution in [0, 0.1) is 5.82 Å². The van der Waals surface area contributed by atoms with Gasteiger partial charge in [-0.1, -0.05) is 0 Å². The van der Waals surface area contributed by atoms with Crippen LogP contribution in [0.1, 0.15) is 13.8 Å². The van der Waals surface area contributed by atoms with Crippen molar-refractivity contribution in [3.63, 3.8) is 0 Å². The van der Waals surface area contributed by atoms with Gasteiger partial charge in [-0.3, -0.25) is 0 Å². The minimum atomic E-state index is -3.61.